The third kappa shape index (κ3) is 7.15. The molecule has 0 spiro atoms. The highest BCUT2D eigenvalue weighted by molar-refractivity contribution is 5.81. The normalized spacial score (nSPS) is 16.6. The molecular weight excluding hydrogens is 356 g/mol. The maximum atomic E-state index is 12.9. The summed E-state index contributed by atoms with van der Waals surface area (Å²) < 4.78 is 11.0. The summed E-state index contributed by atoms with van der Waals surface area (Å²) in [5, 5.41) is 2.90. The molecule has 1 atom stereocenters. The van der Waals surface area contributed by atoms with Gasteiger partial charge in [-0.25, -0.2) is 0 Å². The van der Waals surface area contributed by atoms with Crippen molar-refractivity contribution >= 4 is 11.8 Å². The van der Waals surface area contributed by atoms with E-state index < -0.39 is 5.41 Å². The summed E-state index contributed by atoms with van der Waals surface area (Å²) in [6.45, 7) is 8.05. The first-order valence-corrected chi connectivity index (χ1v) is 10.1. The number of methoxy groups -OCH3 is 1. The molecule has 1 saturated heterocycles. The zero-order chi connectivity index (χ0) is 20.6. The van der Waals surface area contributed by atoms with Crippen LogP contribution in [0.15, 0.2) is 24.3 Å². The van der Waals surface area contributed by atoms with Gasteiger partial charge in [0.2, 0.25) is 11.8 Å². The monoisotopic (exact) mass is 390 g/mol. The van der Waals surface area contributed by atoms with E-state index in [2.05, 4.69) is 5.32 Å². The smallest absolute Gasteiger partial charge is 0.225 e. The molecule has 1 aliphatic heterocycles. The Labute approximate surface area is 168 Å². The highest BCUT2D eigenvalue weighted by atomic mass is 16.5. The number of carbonyl (C=O) groups excluding carboxylic acids is 2. The lowest BCUT2D eigenvalue weighted by Crippen LogP contribution is -2.38. The van der Waals surface area contributed by atoms with Gasteiger partial charge in [0.05, 0.1) is 13.2 Å². The number of carbonyl (C=O) groups is 2. The average Bonchev–Trinajstić information content (AvgIpc) is 3.16. The summed E-state index contributed by atoms with van der Waals surface area (Å²) >= 11 is 0. The molecule has 6 nitrogen and oxygen atoms in total. The highest BCUT2D eigenvalue weighted by Crippen LogP contribution is 2.19. The van der Waals surface area contributed by atoms with Crippen LogP contribution in [0.4, 0.5) is 0 Å². The van der Waals surface area contributed by atoms with Gasteiger partial charge in [-0.05, 0) is 37.0 Å². The molecule has 6 heteroatoms. The number of nitrogens with one attached hydrogen (secondary N) is 1. The second kappa shape index (κ2) is 10.5. The molecule has 1 aromatic carbocycles. The Morgan fingerprint density at radius 1 is 1.32 bits per heavy atom. The summed E-state index contributed by atoms with van der Waals surface area (Å²) in [6.07, 6.45) is 3.17. The van der Waals surface area contributed by atoms with Gasteiger partial charge in [0.25, 0.3) is 0 Å². The van der Waals surface area contributed by atoms with Gasteiger partial charge in [0.1, 0.15) is 5.75 Å². The molecule has 2 amide bonds. The number of ether oxygens (including phenoxy) is 2. The maximum Gasteiger partial charge on any atom is 0.225 e. The van der Waals surface area contributed by atoms with Crippen LogP contribution >= 0.6 is 0 Å². The lowest BCUT2D eigenvalue weighted by molar-refractivity contribution is -0.134. The van der Waals surface area contributed by atoms with Crippen LogP contribution in [-0.2, 0) is 20.9 Å². The summed E-state index contributed by atoms with van der Waals surface area (Å²) in [5.41, 5.74) is 0.620. The average molecular weight is 391 g/mol. The number of benzene rings is 1. The number of nitrogens with zero attached hydrogens (tertiary/aromatic N) is 1. The minimum absolute atomic E-state index is 0.00698. The molecular formula is C22H34N2O4. The Hall–Kier alpha value is -2.08. The standard InChI is InChI=1S/C22H34N2O4/c1-22(2,3)21(26)23-12-6-11-20(25)24(16-19-10-7-13-28-19)15-17-8-5-9-18(14-17)27-4/h5,8-9,14,19H,6-7,10-13,15-16H2,1-4H3,(H,23,26). The van der Waals surface area contributed by atoms with Crippen molar-refractivity contribution in [2.75, 3.05) is 26.8 Å². The Bertz CT molecular complexity index is 648. The fourth-order valence-electron chi connectivity index (χ4n) is 3.14. The van der Waals surface area contributed by atoms with Gasteiger partial charge >= 0.3 is 0 Å². The van der Waals surface area contributed by atoms with Gasteiger partial charge in [0, 0.05) is 38.1 Å². The van der Waals surface area contributed by atoms with Crippen LogP contribution in [0.5, 0.6) is 5.75 Å². The largest absolute Gasteiger partial charge is 0.497 e. The topological polar surface area (TPSA) is 67.9 Å². The van der Waals surface area contributed by atoms with Crippen LogP contribution in [0.1, 0.15) is 52.0 Å². The zero-order valence-electron chi connectivity index (χ0n) is 17.6. The lowest BCUT2D eigenvalue weighted by atomic mass is 9.96. The number of amides is 2. The fourth-order valence-corrected chi connectivity index (χ4v) is 3.14. The van der Waals surface area contributed by atoms with Crippen LogP contribution in [0.25, 0.3) is 0 Å². The van der Waals surface area contributed by atoms with Crippen molar-refractivity contribution in [3.05, 3.63) is 29.8 Å². The van der Waals surface area contributed by atoms with Crippen molar-refractivity contribution < 1.29 is 19.1 Å². The Kier molecular flexibility index (Phi) is 8.30. The van der Waals surface area contributed by atoms with Crippen LogP contribution in [0.3, 0.4) is 0 Å². The molecule has 0 bridgehead atoms. The molecule has 2 rings (SSSR count). The molecule has 0 aliphatic carbocycles. The van der Waals surface area contributed by atoms with Crippen LogP contribution in [0, 0.1) is 5.41 Å². The van der Waals surface area contributed by atoms with Crippen molar-refractivity contribution in [3.8, 4) is 5.75 Å². The van der Waals surface area contributed by atoms with E-state index in [4.69, 9.17) is 9.47 Å². The van der Waals surface area contributed by atoms with Gasteiger partial charge in [-0.2, -0.15) is 0 Å². The molecule has 1 heterocycles. The van der Waals surface area contributed by atoms with E-state index in [1.165, 1.54) is 0 Å². The zero-order valence-corrected chi connectivity index (χ0v) is 17.6. The van der Waals surface area contributed by atoms with E-state index in [0.717, 1.165) is 30.8 Å². The Balaban J connectivity index is 1.91. The third-order valence-electron chi connectivity index (χ3n) is 4.84. The predicted molar refractivity (Wildman–Crippen MR) is 109 cm³/mol. The van der Waals surface area contributed by atoms with Gasteiger partial charge < -0.3 is 19.7 Å². The number of rotatable bonds is 9. The summed E-state index contributed by atoms with van der Waals surface area (Å²) in [5.74, 6) is 0.878. The number of hydrogen-bond donors (Lipinski definition) is 1. The molecule has 1 aliphatic rings. The van der Waals surface area contributed by atoms with E-state index in [-0.39, 0.29) is 17.9 Å². The van der Waals surface area contributed by atoms with Crippen LogP contribution in [-0.4, -0.2) is 49.6 Å². The van der Waals surface area contributed by atoms with E-state index in [0.29, 0.717) is 32.5 Å². The lowest BCUT2D eigenvalue weighted by Gasteiger charge is -2.26. The van der Waals surface area contributed by atoms with E-state index in [1.807, 2.05) is 49.9 Å². The van der Waals surface area contributed by atoms with Crippen LogP contribution < -0.4 is 10.1 Å². The van der Waals surface area contributed by atoms with E-state index >= 15 is 0 Å². The molecule has 28 heavy (non-hydrogen) atoms. The second-order valence-corrected chi connectivity index (χ2v) is 8.37. The van der Waals surface area contributed by atoms with E-state index in [9.17, 15) is 9.59 Å². The third-order valence-corrected chi connectivity index (χ3v) is 4.84. The van der Waals surface area contributed by atoms with Crippen LogP contribution in [0.2, 0.25) is 0 Å². The second-order valence-electron chi connectivity index (χ2n) is 8.37. The van der Waals surface area contributed by atoms with Gasteiger partial charge in [-0.15, -0.1) is 0 Å². The number of hydrogen-bond acceptors (Lipinski definition) is 4. The first kappa shape index (κ1) is 22.2. The molecule has 1 N–H and O–H groups in total. The van der Waals surface area contributed by atoms with Crippen molar-refractivity contribution in [2.45, 2.75) is 59.1 Å². The molecule has 1 aromatic rings. The van der Waals surface area contributed by atoms with Crippen molar-refractivity contribution in [3.63, 3.8) is 0 Å². The molecule has 0 saturated carbocycles. The van der Waals surface area contributed by atoms with E-state index in [1.54, 1.807) is 7.11 Å². The van der Waals surface area contributed by atoms with Gasteiger partial charge in [-0.3, -0.25) is 9.59 Å². The highest BCUT2D eigenvalue weighted by Gasteiger charge is 2.23. The molecule has 1 fully saturated rings. The predicted octanol–water partition coefficient (Wildman–Crippen LogP) is 3.15. The molecule has 0 radical (unpaired) electrons. The first-order chi connectivity index (χ1) is 13.3. The Morgan fingerprint density at radius 2 is 2.11 bits per heavy atom. The molecule has 156 valence electrons. The summed E-state index contributed by atoms with van der Waals surface area (Å²) in [4.78, 5) is 26.7. The van der Waals surface area contributed by atoms with Crippen molar-refractivity contribution in [2.24, 2.45) is 5.41 Å². The van der Waals surface area contributed by atoms with Gasteiger partial charge in [-0.1, -0.05) is 32.9 Å². The fraction of sp³-hybridized carbons (Fsp3) is 0.636. The minimum Gasteiger partial charge on any atom is -0.497 e. The first-order valence-electron chi connectivity index (χ1n) is 10.1. The van der Waals surface area contributed by atoms with Crippen molar-refractivity contribution in [1.29, 1.82) is 0 Å². The van der Waals surface area contributed by atoms with Gasteiger partial charge in [0.15, 0.2) is 0 Å². The van der Waals surface area contributed by atoms with Crippen molar-refractivity contribution in [1.82, 2.24) is 10.2 Å². The quantitative estimate of drug-likeness (QED) is 0.658. The summed E-state index contributed by atoms with van der Waals surface area (Å²) in [7, 11) is 1.64. The molecule has 0 aromatic heterocycles. The Morgan fingerprint density at radius 3 is 2.75 bits per heavy atom. The SMILES string of the molecule is COc1cccc(CN(CC2CCCO2)C(=O)CCCNC(=O)C(C)(C)C)c1. The maximum absolute atomic E-state index is 12.9. The molecule has 1 unspecified atom stereocenters. The summed E-state index contributed by atoms with van der Waals surface area (Å²) in [6, 6.07) is 7.79. The minimum atomic E-state index is -0.414.